The number of amides is 1. The van der Waals surface area contributed by atoms with Crippen molar-refractivity contribution in [1.29, 1.82) is 0 Å². The zero-order chi connectivity index (χ0) is 23.0. The van der Waals surface area contributed by atoms with E-state index < -0.39 is 23.5 Å². The van der Waals surface area contributed by atoms with Crippen LogP contribution in [0.4, 0.5) is 0 Å². The number of carbonyl (C=O) groups is 2. The molecular weight excluding hydrogens is 457 g/mol. The summed E-state index contributed by atoms with van der Waals surface area (Å²) in [6.07, 6.45) is 0.625. The van der Waals surface area contributed by atoms with E-state index in [0.29, 0.717) is 43.2 Å². The van der Waals surface area contributed by atoms with Crippen molar-refractivity contribution in [3.63, 3.8) is 0 Å². The third-order valence-electron chi connectivity index (χ3n) is 5.35. The number of fused-ring (bicyclic) bond motifs is 1. The van der Waals surface area contributed by atoms with Gasteiger partial charge in [0.25, 0.3) is 11.7 Å². The molecule has 2 aliphatic rings. The Hall–Kier alpha value is -2.90. The van der Waals surface area contributed by atoms with Gasteiger partial charge in [-0.05, 0) is 36.2 Å². The summed E-state index contributed by atoms with van der Waals surface area (Å²) < 4.78 is 16.6. The third-order valence-corrected chi connectivity index (χ3v) is 5.85. The van der Waals surface area contributed by atoms with Crippen LogP contribution in [0.1, 0.15) is 30.5 Å². The number of hydrogen-bond donors (Lipinski definition) is 1. The number of hydrogen-bond acceptors (Lipinski definition) is 6. The number of benzene rings is 2. The Morgan fingerprint density at radius 3 is 2.56 bits per heavy atom. The second kappa shape index (κ2) is 8.92. The van der Waals surface area contributed by atoms with E-state index in [2.05, 4.69) is 0 Å². The lowest BCUT2D eigenvalue weighted by Gasteiger charge is -2.26. The molecule has 2 aliphatic heterocycles. The largest absolute Gasteiger partial charge is 0.507 e. The first-order valence-corrected chi connectivity index (χ1v) is 10.8. The van der Waals surface area contributed by atoms with E-state index in [1.807, 2.05) is 6.92 Å². The number of rotatable bonds is 5. The van der Waals surface area contributed by atoms with Gasteiger partial charge in [-0.2, -0.15) is 0 Å². The topological polar surface area (TPSA) is 85.3 Å². The summed E-state index contributed by atoms with van der Waals surface area (Å²) in [4.78, 5) is 27.4. The second-order valence-electron chi connectivity index (χ2n) is 7.36. The molecule has 32 heavy (non-hydrogen) atoms. The molecule has 1 saturated heterocycles. The highest BCUT2D eigenvalue weighted by Crippen LogP contribution is 2.45. The molecule has 0 radical (unpaired) electrons. The van der Waals surface area contributed by atoms with Gasteiger partial charge in [0, 0.05) is 11.6 Å². The molecule has 9 heteroatoms. The maximum absolute atomic E-state index is 13.1. The molecule has 1 amide bonds. The zero-order valence-electron chi connectivity index (χ0n) is 17.5. The average Bonchev–Trinajstić information content (AvgIpc) is 3.03. The summed E-state index contributed by atoms with van der Waals surface area (Å²) in [7, 11) is 1.39. The predicted octanol–water partition coefficient (Wildman–Crippen LogP) is 4.60. The van der Waals surface area contributed by atoms with Gasteiger partial charge in [0.1, 0.15) is 24.7 Å². The van der Waals surface area contributed by atoms with Crippen LogP contribution in [-0.4, -0.2) is 48.6 Å². The van der Waals surface area contributed by atoms with Crippen LogP contribution in [0.3, 0.4) is 0 Å². The fourth-order valence-corrected chi connectivity index (χ4v) is 4.59. The molecule has 1 unspecified atom stereocenters. The number of halogens is 2. The maximum Gasteiger partial charge on any atom is 0.295 e. The van der Waals surface area contributed by atoms with E-state index in [-0.39, 0.29) is 26.9 Å². The number of methoxy groups -OCH3 is 1. The quantitative estimate of drug-likeness (QED) is 0.384. The van der Waals surface area contributed by atoms with Crippen molar-refractivity contribution in [2.24, 2.45) is 0 Å². The van der Waals surface area contributed by atoms with Crippen molar-refractivity contribution in [3.8, 4) is 17.2 Å². The molecule has 0 saturated carbocycles. The minimum atomic E-state index is -0.826. The summed E-state index contributed by atoms with van der Waals surface area (Å²) in [5, 5.41) is 11.7. The SMILES string of the molecule is CCCN1C(=O)C(=O)/C(=C(/O)c2cc(Cl)cc(Cl)c2OC)C1c1ccc2c(c1)OCCO2. The van der Waals surface area contributed by atoms with Gasteiger partial charge in [0.05, 0.1) is 29.3 Å². The summed E-state index contributed by atoms with van der Waals surface area (Å²) in [5.41, 5.74) is 0.661. The van der Waals surface area contributed by atoms with Crippen LogP contribution < -0.4 is 14.2 Å². The van der Waals surface area contributed by atoms with Gasteiger partial charge in [-0.15, -0.1) is 0 Å². The minimum absolute atomic E-state index is 0.0724. The molecule has 2 heterocycles. The average molecular weight is 478 g/mol. The fraction of sp³-hybridized carbons (Fsp3) is 0.304. The lowest BCUT2D eigenvalue weighted by molar-refractivity contribution is -0.139. The van der Waals surface area contributed by atoms with Gasteiger partial charge in [-0.25, -0.2) is 0 Å². The predicted molar refractivity (Wildman–Crippen MR) is 120 cm³/mol. The summed E-state index contributed by atoms with van der Waals surface area (Å²) in [6.45, 7) is 3.06. The number of aliphatic hydroxyl groups is 1. The van der Waals surface area contributed by atoms with E-state index in [4.69, 9.17) is 37.4 Å². The monoisotopic (exact) mass is 477 g/mol. The van der Waals surface area contributed by atoms with Gasteiger partial charge < -0.3 is 24.2 Å². The van der Waals surface area contributed by atoms with Crippen molar-refractivity contribution in [1.82, 2.24) is 4.90 Å². The van der Waals surface area contributed by atoms with E-state index >= 15 is 0 Å². The molecule has 0 bridgehead atoms. The molecule has 1 atom stereocenters. The number of ketones is 1. The van der Waals surface area contributed by atoms with Crippen LogP contribution in [0.5, 0.6) is 17.2 Å². The van der Waals surface area contributed by atoms with Crippen LogP contribution >= 0.6 is 23.2 Å². The molecule has 0 aliphatic carbocycles. The van der Waals surface area contributed by atoms with Crippen molar-refractivity contribution >= 4 is 40.7 Å². The van der Waals surface area contributed by atoms with Gasteiger partial charge in [-0.1, -0.05) is 36.2 Å². The number of carbonyl (C=O) groups excluding carboxylic acids is 2. The van der Waals surface area contributed by atoms with Gasteiger partial charge in [0.2, 0.25) is 0 Å². The Balaban J connectivity index is 1.93. The Kier molecular flexibility index (Phi) is 6.22. The molecule has 4 rings (SSSR count). The number of nitrogens with zero attached hydrogens (tertiary/aromatic N) is 1. The second-order valence-corrected chi connectivity index (χ2v) is 8.21. The first-order valence-electron chi connectivity index (χ1n) is 10.1. The normalized spacial score (nSPS) is 19.4. The first kappa shape index (κ1) is 22.3. The van der Waals surface area contributed by atoms with E-state index in [1.165, 1.54) is 24.1 Å². The van der Waals surface area contributed by atoms with Crippen LogP contribution in [0.25, 0.3) is 5.76 Å². The fourth-order valence-electron chi connectivity index (χ4n) is 4.02. The summed E-state index contributed by atoms with van der Waals surface area (Å²) in [6, 6.07) is 7.29. The zero-order valence-corrected chi connectivity index (χ0v) is 19.0. The van der Waals surface area contributed by atoms with Crippen molar-refractivity contribution < 1.29 is 28.9 Å². The molecule has 168 valence electrons. The summed E-state index contributed by atoms with van der Waals surface area (Å²) >= 11 is 12.4. The molecular formula is C23H21Cl2NO6. The van der Waals surface area contributed by atoms with Gasteiger partial charge in [-0.3, -0.25) is 9.59 Å². The Morgan fingerprint density at radius 2 is 1.88 bits per heavy atom. The maximum atomic E-state index is 13.1. The van der Waals surface area contributed by atoms with Crippen LogP contribution in [0.15, 0.2) is 35.9 Å². The smallest absolute Gasteiger partial charge is 0.295 e. The number of likely N-dealkylation sites (tertiary alicyclic amines) is 1. The number of aliphatic hydroxyl groups excluding tert-OH is 1. The standard InChI is InChI=1S/C23H21Cl2NO6/c1-3-6-26-19(12-4-5-16-17(9-12)32-8-7-31-16)18(21(28)23(26)29)20(27)14-10-13(24)11-15(25)22(14)30-2/h4-5,9-11,19,27H,3,6-8H2,1-2H3/b20-18+. The van der Waals surface area contributed by atoms with E-state index in [9.17, 15) is 14.7 Å². The molecule has 0 aromatic heterocycles. The molecule has 2 aromatic carbocycles. The molecule has 7 nitrogen and oxygen atoms in total. The van der Waals surface area contributed by atoms with E-state index in [0.717, 1.165) is 0 Å². The van der Waals surface area contributed by atoms with Crippen LogP contribution in [-0.2, 0) is 9.59 Å². The van der Waals surface area contributed by atoms with E-state index in [1.54, 1.807) is 18.2 Å². The summed E-state index contributed by atoms with van der Waals surface area (Å²) in [5.74, 6) is -0.663. The Bertz CT molecular complexity index is 1130. The van der Waals surface area contributed by atoms with Crippen molar-refractivity contribution in [2.75, 3.05) is 26.9 Å². The van der Waals surface area contributed by atoms with Crippen LogP contribution in [0, 0.1) is 0 Å². The number of ether oxygens (including phenoxy) is 3. The Morgan fingerprint density at radius 1 is 1.16 bits per heavy atom. The first-order chi connectivity index (χ1) is 15.4. The van der Waals surface area contributed by atoms with Gasteiger partial charge >= 0.3 is 0 Å². The Labute approximate surface area is 195 Å². The van der Waals surface area contributed by atoms with Gasteiger partial charge in [0.15, 0.2) is 11.5 Å². The lowest BCUT2D eigenvalue weighted by Crippen LogP contribution is -2.30. The highest BCUT2D eigenvalue weighted by atomic mass is 35.5. The minimum Gasteiger partial charge on any atom is -0.507 e. The third kappa shape index (κ3) is 3.76. The lowest BCUT2D eigenvalue weighted by atomic mass is 9.94. The number of Topliss-reactive ketones (excluding diaryl/α,β-unsaturated/α-hetero) is 1. The molecule has 2 aromatic rings. The van der Waals surface area contributed by atoms with Crippen molar-refractivity contribution in [2.45, 2.75) is 19.4 Å². The molecule has 1 N–H and O–H groups in total. The highest BCUT2D eigenvalue weighted by Gasteiger charge is 2.46. The molecule has 0 spiro atoms. The van der Waals surface area contributed by atoms with Crippen molar-refractivity contribution in [3.05, 3.63) is 57.1 Å². The van der Waals surface area contributed by atoms with Crippen LogP contribution in [0.2, 0.25) is 10.0 Å². The molecule has 1 fully saturated rings. The highest BCUT2D eigenvalue weighted by molar-refractivity contribution is 6.46.